The molecule has 1 saturated carbocycles. The molecule has 1 aliphatic carbocycles. The third kappa shape index (κ3) is 4.65. The first-order valence-corrected chi connectivity index (χ1v) is 13.1. The predicted molar refractivity (Wildman–Crippen MR) is 120 cm³/mol. The van der Waals surface area contributed by atoms with E-state index in [0.29, 0.717) is 17.8 Å². The number of rotatable bonds is 5. The van der Waals surface area contributed by atoms with Crippen LogP contribution in [0.25, 0.3) is 0 Å². The first-order chi connectivity index (χ1) is 14.8. The van der Waals surface area contributed by atoms with Gasteiger partial charge in [0.15, 0.2) is 0 Å². The molecule has 2 amide bonds. The molecule has 3 aliphatic rings. The van der Waals surface area contributed by atoms with Gasteiger partial charge >= 0.3 is 0 Å². The summed E-state index contributed by atoms with van der Waals surface area (Å²) in [5, 5.41) is 3.15. The highest BCUT2D eigenvalue weighted by molar-refractivity contribution is 7.94. The number of amides is 2. The fraction of sp³-hybridized carbons (Fsp3) is 0.652. The zero-order valence-corrected chi connectivity index (χ0v) is 19.1. The maximum absolute atomic E-state index is 12.9. The predicted octanol–water partition coefficient (Wildman–Crippen LogP) is 2.92. The van der Waals surface area contributed by atoms with Crippen LogP contribution in [-0.2, 0) is 14.8 Å². The van der Waals surface area contributed by atoms with Crippen LogP contribution in [-0.4, -0.2) is 56.1 Å². The molecule has 2 saturated heterocycles. The molecule has 7 nitrogen and oxygen atoms in total. The monoisotopic (exact) mass is 447 g/mol. The van der Waals surface area contributed by atoms with E-state index in [0.717, 1.165) is 36.2 Å². The van der Waals surface area contributed by atoms with Crippen molar-refractivity contribution in [1.29, 1.82) is 0 Å². The minimum Gasteiger partial charge on any atom is -0.350 e. The second-order valence-electron chi connectivity index (χ2n) is 9.41. The summed E-state index contributed by atoms with van der Waals surface area (Å²) >= 11 is 0. The van der Waals surface area contributed by atoms with Crippen molar-refractivity contribution >= 4 is 27.5 Å². The second-order valence-corrected chi connectivity index (χ2v) is 11.3. The van der Waals surface area contributed by atoms with Crippen LogP contribution in [0, 0.1) is 5.92 Å². The van der Waals surface area contributed by atoms with Gasteiger partial charge in [0, 0.05) is 24.1 Å². The summed E-state index contributed by atoms with van der Waals surface area (Å²) < 4.78 is 25.0. The lowest BCUT2D eigenvalue weighted by molar-refractivity contribution is -0.116. The number of sulfonamides is 1. The number of piperidine rings is 1. The van der Waals surface area contributed by atoms with E-state index in [9.17, 15) is 18.0 Å². The van der Waals surface area contributed by atoms with Gasteiger partial charge in [0.2, 0.25) is 15.9 Å². The van der Waals surface area contributed by atoms with Gasteiger partial charge in [-0.15, -0.1) is 0 Å². The lowest BCUT2D eigenvalue weighted by Gasteiger charge is -2.49. The maximum atomic E-state index is 12.9. The first kappa shape index (κ1) is 22.3. The van der Waals surface area contributed by atoms with Crippen molar-refractivity contribution in [2.24, 2.45) is 5.92 Å². The summed E-state index contributed by atoms with van der Waals surface area (Å²) in [6, 6.07) is 6.28. The van der Waals surface area contributed by atoms with Gasteiger partial charge in [-0.2, -0.15) is 0 Å². The van der Waals surface area contributed by atoms with Crippen LogP contribution in [0.15, 0.2) is 24.3 Å². The molecular formula is C23H33N3O4S. The first-order valence-electron chi connectivity index (χ1n) is 11.5. The van der Waals surface area contributed by atoms with Crippen LogP contribution in [0.2, 0.25) is 0 Å². The average molecular weight is 448 g/mol. The summed E-state index contributed by atoms with van der Waals surface area (Å²) in [5.74, 6) is 0.0342. The number of carbonyl (C=O) groups excluding carboxylic acids is 2. The molecule has 2 aliphatic heterocycles. The molecule has 0 aromatic heterocycles. The van der Waals surface area contributed by atoms with E-state index < -0.39 is 15.9 Å². The highest BCUT2D eigenvalue weighted by atomic mass is 32.2. The fourth-order valence-electron chi connectivity index (χ4n) is 5.26. The van der Waals surface area contributed by atoms with Gasteiger partial charge < -0.3 is 5.32 Å². The van der Waals surface area contributed by atoms with Gasteiger partial charge in [0.1, 0.15) is 0 Å². The third-order valence-corrected chi connectivity index (χ3v) is 8.95. The number of carbonyl (C=O) groups is 2. The van der Waals surface area contributed by atoms with Crippen LogP contribution in [0.1, 0.15) is 68.6 Å². The Morgan fingerprint density at radius 1 is 1.10 bits per heavy atom. The van der Waals surface area contributed by atoms with Crippen molar-refractivity contribution in [3.8, 4) is 0 Å². The molecular weight excluding hydrogens is 414 g/mol. The zero-order chi connectivity index (χ0) is 22.1. The Hall–Kier alpha value is -1.93. The topological polar surface area (TPSA) is 86.8 Å². The lowest BCUT2D eigenvalue weighted by atomic mass is 9.78. The number of hydrogen-bond donors (Lipinski definition) is 1. The number of likely N-dealkylation sites (tertiary alicyclic amines) is 1. The molecule has 31 heavy (non-hydrogen) atoms. The summed E-state index contributed by atoms with van der Waals surface area (Å²) in [6.45, 7) is 5.16. The van der Waals surface area contributed by atoms with Crippen LogP contribution in [0.4, 0.5) is 5.69 Å². The van der Waals surface area contributed by atoms with Gasteiger partial charge in [-0.25, -0.2) is 12.7 Å². The lowest BCUT2D eigenvalue weighted by Crippen LogP contribution is -2.58. The van der Waals surface area contributed by atoms with Crippen molar-refractivity contribution < 1.29 is 18.0 Å². The smallest absolute Gasteiger partial charge is 0.251 e. The summed E-state index contributed by atoms with van der Waals surface area (Å²) in [4.78, 5) is 27.4. The molecule has 3 fully saturated rings. The molecule has 8 heteroatoms. The van der Waals surface area contributed by atoms with Gasteiger partial charge in [0.25, 0.3) is 5.91 Å². The Morgan fingerprint density at radius 2 is 1.74 bits per heavy atom. The normalized spacial score (nSPS) is 24.3. The summed E-state index contributed by atoms with van der Waals surface area (Å²) in [7, 11) is -3.59. The Balaban J connectivity index is 1.43. The Bertz CT molecular complexity index is 915. The van der Waals surface area contributed by atoms with E-state index in [1.807, 2.05) is 0 Å². The van der Waals surface area contributed by atoms with Crippen LogP contribution in [0.3, 0.4) is 0 Å². The molecule has 1 aromatic rings. The molecule has 1 N–H and O–H groups in total. The number of nitrogens with zero attached hydrogens (tertiary/aromatic N) is 2. The minimum absolute atomic E-state index is 0.00192. The summed E-state index contributed by atoms with van der Waals surface area (Å²) in [5.41, 5.74) is 0.820. The van der Waals surface area contributed by atoms with E-state index in [-0.39, 0.29) is 23.6 Å². The highest BCUT2D eigenvalue weighted by Crippen LogP contribution is 2.36. The summed E-state index contributed by atoms with van der Waals surface area (Å²) in [6.07, 6.45) is 8.35. The SMILES string of the molecule is CC1CCN(C2(CNC(=O)c3ccc(N4C(=O)CCS4(=O)=O)cc3)CCCCC2)CC1. The Kier molecular flexibility index (Phi) is 6.40. The van der Waals surface area contributed by atoms with Gasteiger partial charge in [0.05, 0.1) is 11.4 Å². The molecule has 0 unspecified atom stereocenters. The Morgan fingerprint density at radius 3 is 2.32 bits per heavy atom. The van der Waals surface area contributed by atoms with Gasteiger partial charge in [-0.3, -0.25) is 14.5 Å². The van der Waals surface area contributed by atoms with Crippen LogP contribution < -0.4 is 9.62 Å². The molecule has 4 rings (SSSR count). The van der Waals surface area contributed by atoms with E-state index in [1.54, 1.807) is 12.1 Å². The van der Waals surface area contributed by atoms with Crippen molar-refractivity contribution in [2.75, 3.05) is 29.7 Å². The van der Waals surface area contributed by atoms with Crippen molar-refractivity contribution in [3.63, 3.8) is 0 Å². The van der Waals surface area contributed by atoms with E-state index in [2.05, 4.69) is 17.1 Å². The fourth-order valence-corrected chi connectivity index (χ4v) is 6.72. The highest BCUT2D eigenvalue weighted by Gasteiger charge is 2.39. The van der Waals surface area contributed by atoms with Gasteiger partial charge in [-0.05, 0) is 69.0 Å². The molecule has 2 heterocycles. The largest absolute Gasteiger partial charge is 0.350 e. The van der Waals surface area contributed by atoms with E-state index >= 15 is 0 Å². The van der Waals surface area contributed by atoms with Crippen LogP contribution in [0.5, 0.6) is 0 Å². The molecule has 0 spiro atoms. The number of hydrogen-bond acceptors (Lipinski definition) is 5. The van der Waals surface area contributed by atoms with Crippen LogP contribution >= 0.6 is 0 Å². The molecule has 0 radical (unpaired) electrons. The van der Waals surface area contributed by atoms with Crippen molar-refractivity contribution in [3.05, 3.63) is 29.8 Å². The quantitative estimate of drug-likeness (QED) is 0.750. The molecule has 0 bridgehead atoms. The van der Waals surface area contributed by atoms with Crippen molar-refractivity contribution in [1.82, 2.24) is 10.2 Å². The van der Waals surface area contributed by atoms with Crippen molar-refractivity contribution in [2.45, 2.75) is 63.8 Å². The zero-order valence-electron chi connectivity index (χ0n) is 18.3. The number of anilines is 1. The van der Waals surface area contributed by atoms with Gasteiger partial charge in [-0.1, -0.05) is 26.2 Å². The third-order valence-electron chi connectivity index (χ3n) is 7.26. The number of benzene rings is 1. The Labute approximate surface area is 185 Å². The average Bonchev–Trinajstić information content (AvgIpc) is 3.05. The minimum atomic E-state index is -3.59. The molecule has 0 atom stereocenters. The number of nitrogens with one attached hydrogen (secondary N) is 1. The maximum Gasteiger partial charge on any atom is 0.251 e. The van der Waals surface area contributed by atoms with E-state index in [4.69, 9.17) is 0 Å². The van der Waals surface area contributed by atoms with E-state index in [1.165, 1.54) is 44.2 Å². The molecule has 1 aromatic carbocycles. The standard InChI is InChI=1S/C23H33N3O4S/c1-18-9-14-25(15-10-18)23(12-3-2-4-13-23)17-24-22(28)19-5-7-20(8-6-19)26-21(27)11-16-31(26,29)30/h5-8,18H,2-4,9-17H2,1H3,(H,24,28). The molecule has 170 valence electrons. The second kappa shape index (κ2) is 8.90.